The predicted molar refractivity (Wildman–Crippen MR) is 123 cm³/mol. The van der Waals surface area contributed by atoms with Crippen molar-refractivity contribution >= 4 is 41.0 Å². The lowest BCUT2D eigenvalue weighted by molar-refractivity contribution is -0.113. The maximum absolute atomic E-state index is 12.5. The van der Waals surface area contributed by atoms with Crippen molar-refractivity contribution in [3.05, 3.63) is 24.3 Å². The van der Waals surface area contributed by atoms with Gasteiger partial charge in [0.15, 0.2) is 5.16 Å². The Morgan fingerprint density at radius 3 is 2.55 bits per heavy atom. The molecule has 0 bridgehead atoms. The van der Waals surface area contributed by atoms with Crippen molar-refractivity contribution in [1.29, 1.82) is 0 Å². The molecule has 0 saturated heterocycles. The largest absolute Gasteiger partial charge is 0.492 e. The maximum atomic E-state index is 12.5. The number of ether oxygens (including phenoxy) is 1. The second-order valence-electron chi connectivity index (χ2n) is 7.35. The van der Waals surface area contributed by atoms with Crippen LogP contribution >= 0.6 is 11.8 Å². The molecule has 0 radical (unpaired) electrons. The third kappa shape index (κ3) is 5.97. The van der Waals surface area contributed by atoms with E-state index in [2.05, 4.69) is 36.1 Å². The van der Waals surface area contributed by atoms with Crippen molar-refractivity contribution < 1.29 is 9.53 Å². The number of fused-ring (bicyclic) bond motifs is 1. The molecule has 0 spiro atoms. The SMILES string of the molecule is CCOc1ccccc1NC(=O)CSc1nnc2nc(NC(C)C)nc(NC(C)C)n12. The first-order valence-electron chi connectivity index (χ1n) is 10.2. The number of rotatable bonds is 10. The molecule has 0 saturated carbocycles. The van der Waals surface area contributed by atoms with Gasteiger partial charge in [-0.15, -0.1) is 10.2 Å². The topological polar surface area (TPSA) is 118 Å². The molecule has 31 heavy (non-hydrogen) atoms. The average Bonchev–Trinajstić information content (AvgIpc) is 3.10. The number of hydrogen-bond acceptors (Lipinski definition) is 9. The van der Waals surface area contributed by atoms with Gasteiger partial charge in [0, 0.05) is 12.1 Å². The third-order valence-corrected chi connectivity index (χ3v) is 4.80. The summed E-state index contributed by atoms with van der Waals surface area (Å²) in [5.74, 6) is 2.06. The molecule has 2 aromatic heterocycles. The molecule has 1 amide bonds. The van der Waals surface area contributed by atoms with E-state index in [-0.39, 0.29) is 23.7 Å². The summed E-state index contributed by atoms with van der Waals surface area (Å²) >= 11 is 1.26. The van der Waals surface area contributed by atoms with Crippen LogP contribution in [-0.4, -0.2) is 54.9 Å². The number of carbonyl (C=O) groups is 1. The van der Waals surface area contributed by atoms with Crippen LogP contribution in [0, 0.1) is 0 Å². The minimum Gasteiger partial charge on any atom is -0.492 e. The van der Waals surface area contributed by atoms with E-state index in [1.54, 1.807) is 4.40 Å². The molecule has 0 unspecified atom stereocenters. The molecule has 3 N–H and O–H groups in total. The Morgan fingerprint density at radius 1 is 1.10 bits per heavy atom. The Balaban J connectivity index is 1.78. The van der Waals surface area contributed by atoms with E-state index in [1.807, 2.05) is 58.9 Å². The zero-order valence-corrected chi connectivity index (χ0v) is 19.2. The number of para-hydroxylation sites is 2. The van der Waals surface area contributed by atoms with Gasteiger partial charge in [-0.05, 0) is 46.8 Å². The highest BCUT2D eigenvalue weighted by molar-refractivity contribution is 7.99. The van der Waals surface area contributed by atoms with Crippen LogP contribution in [0.15, 0.2) is 29.4 Å². The predicted octanol–water partition coefficient (Wildman–Crippen LogP) is 3.29. The smallest absolute Gasteiger partial charge is 0.261 e. The Labute approximate surface area is 185 Å². The lowest BCUT2D eigenvalue weighted by atomic mass is 10.3. The first-order chi connectivity index (χ1) is 14.9. The molecule has 0 fully saturated rings. The second kappa shape index (κ2) is 10.3. The lowest BCUT2D eigenvalue weighted by Crippen LogP contribution is -2.19. The van der Waals surface area contributed by atoms with Crippen LogP contribution in [0.1, 0.15) is 34.6 Å². The third-order valence-electron chi connectivity index (χ3n) is 3.87. The van der Waals surface area contributed by atoms with Gasteiger partial charge in [-0.25, -0.2) is 4.40 Å². The molecular formula is C20H28N8O2S. The van der Waals surface area contributed by atoms with E-state index < -0.39 is 0 Å². The van der Waals surface area contributed by atoms with Crippen LogP contribution < -0.4 is 20.7 Å². The quantitative estimate of drug-likeness (QED) is 0.405. The van der Waals surface area contributed by atoms with Crippen LogP contribution in [0.3, 0.4) is 0 Å². The summed E-state index contributed by atoms with van der Waals surface area (Å²) in [5.41, 5.74) is 0.635. The first kappa shape index (κ1) is 22.6. The van der Waals surface area contributed by atoms with Crippen molar-refractivity contribution in [3.63, 3.8) is 0 Å². The Hall–Kier alpha value is -3.08. The molecule has 11 heteroatoms. The van der Waals surface area contributed by atoms with Gasteiger partial charge in [0.05, 0.1) is 18.0 Å². The number of benzene rings is 1. The number of hydrogen-bond donors (Lipinski definition) is 3. The van der Waals surface area contributed by atoms with Gasteiger partial charge in [-0.3, -0.25) is 4.79 Å². The summed E-state index contributed by atoms with van der Waals surface area (Å²) in [4.78, 5) is 21.5. The van der Waals surface area contributed by atoms with Crippen molar-refractivity contribution in [2.24, 2.45) is 0 Å². The summed E-state index contributed by atoms with van der Waals surface area (Å²) in [6.07, 6.45) is 0. The minimum atomic E-state index is -0.175. The summed E-state index contributed by atoms with van der Waals surface area (Å²) in [5, 5.41) is 18.3. The molecule has 0 aliphatic rings. The monoisotopic (exact) mass is 444 g/mol. The summed E-state index contributed by atoms with van der Waals surface area (Å²) in [6, 6.07) is 7.66. The van der Waals surface area contributed by atoms with Gasteiger partial charge in [0.2, 0.25) is 17.8 Å². The molecule has 3 rings (SSSR count). The van der Waals surface area contributed by atoms with Crippen LogP contribution in [0.4, 0.5) is 17.6 Å². The number of nitrogens with zero attached hydrogens (tertiary/aromatic N) is 5. The Bertz CT molecular complexity index is 1040. The van der Waals surface area contributed by atoms with E-state index in [4.69, 9.17) is 4.74 Å². The molecule has 0 atom stereocenters. The summed E-state index contributed by atoms with van der Waals surface area (Å²) in [6.45, 7) is 10.5. The number of nitrogens with one attached hydrogen (secondary N) is 3. The second-order valence-corrected chi connectivity index (χ2v) is 8.30. The standard InChI is InChI=1S/C20H28N8O2S/c1-6-30-15-10-8-7-9-14(15)23-16(29)11-31-20-27-26-19-25-17(21-12(2)3)24-18(28(19)20)22-13(4)5/h7-10,12-13H,6,11H2,1-5H3,(H,23,29)(H2,21,22,24,25,26). The molecule has 2 heterocycles. The molecule has 1 aromatic carbocycles. The summed E-state index contributed by atoms with van der Waals surface area (Å²) in [7, 11) is 0. The highest BCUT2D eigenvalue weighted by Crippen LogP contribution is 2.25. The van der Waals surface area contributed by atoms with Gasteiger partial charge in [-0.1, -0.05) is 23.9 Å². The Morgan fingerprint density at radius 2 is 1.84 bits per heavy atom. The number of anilines is 3. The van der Waals surface area contributed by atoms with Gasteiger partial charge >= 0.3 is 0 Å². The molecule has 10 nitrogen and oxygen atoms in total. The van der Waals surface area contributed by atoms with E-state index in [0.717, 1.165) is 0 Å². The van der Waals surface area contributed by atoms with E-state index in [0.29, 0.717) is 40.9 Å². The Kier molecular flexibility index (Phi) is 7.50. The average molecular weight is 445 g/mol. The van der Waals surface area contributed by atoms with Crippen molar-refractivity contribution in [3.8, 4) is 5.75 Å². The number of carbonyl (C=O) groups excluding carboxylic acids is 1. The molecule has 0 aliphatic heterocycles. The van der Waals surface area contributed by atoms with Gasteiger partial charge < -0.3 is 20.7 Å². The fourth-order valence-corrected chi connectivity index (χ4v) is 3.46. The van der Waals surface area contributed by atoms with Gasteiger partial charge in [0.1, 0.15) is 5.75 Å². The van der Waals surface area contributed by atoms with Crippen molar-refractivity contribution in [2.75, 3.05) is 28.3 Å². The molecular weight excluding hydrogens is 416 g/mol. The molecule has 166 valence electrons. The van der Waals surface area contributed by atoms with Gasteiger partial charge in [0.25, 0.3) is 5.78 Å². The molecule has 0 aliphatic carbocycles. The molecule has 3 aromatic rings. The van der Waals surface area contributed by atoms with Crippen molar-refractivity contribution in [2.45, 2.75) is 51.9 Å². The van der Waals surface area contributed by atoms with Gasteiger partial charge in [-0.2, -0.15) is 9.97 Å². The van der Waals surface area contributed by atoms with Crippen LogP contribution in [0.5, 0.6) is 5.75 Å². The first-order valence-corrected chi connectivity index (χ1v) is 11.2. The van der Waals surface area contributed by atoms with E-state index in [1.165, 1.54) is 11.8 Å². The zero-order valence-electron chi connectivity index (χ0n) is 18.3. The van der Waals surface area contributed by atoms with Crippen LogP contribution in [-0.2, 0) is 4.79 Å². The highest BCUT2D eigenvalue weighted by atomic mass is 32.2. The van der Waals surface area contributed by atoms with E-state index >= 15 is 0 Å². The van der Waals surface area contributed by atoms with Crippen LogP contribution in [0.2, 0.25) is 0 Å². The highest BCUT2D eigenvalue weighted by Gasteiger charge is 2.17. The number of thioether (sulfide) groups is 1. The lowest BCUT2D eigenvalue weighted by Gasteiger charge is -2.14. The van der Waals surface area contributed by atoms with Crippen molar-refractivity contribution in [1.82, 2.24) is 24.6 Å². The zero-order chi connectivity index (χ0) is 22.4. The van der Waals surface area contributed by atoms with E-state index in [9.17, 15) is 4.79 Å². The normalized spacial score (nSPS) is 11.2. The fraction of sp³-hybridized carbons (Fsp3) is 0.450. The number of amides is 1. The fourth-order valence-electron chi connectivity index (χ4n) is 2.73. The maximum Gasteiger partial charge on any atom is 0.261 e. The number of aromatic nitrogens is 5. The minimum absolute atomic E-state index is 0.142. The summed E-state index contributed by atoms with van der Waals surface area (Å²) < 4.78 is 7.28. The van der Waals surface area contributed by atoms with Crippen LogP contribution in [0.25, 0.3) is 5.78 Å².